The highest BCUT2D eigenvalue weighted by atomic mass is 32.1. The Hall–Kier alpha value is 0.180. The van der Waals surface area contributed by atoms with Gasteiger partial charge in [0.25, 0.3) is 0 Å². The first-order valence-corrected chi connectivity index (χ1v) is 5.93. The van der Waals surface area contributed by atoms with Crippen LogP contribution in [0.4, 0.5) is 0 Å². The lowest BCUT2D eigenvalue weighted by Crippen LogP contribution is -2.22. The summed E-state index contributed by atoms with van der Waals surface area (Å²) >= 11 is 10.7. The minimum absolute atomic E-state index is 0.142. The Morgan fingerprint density at radius 1 is 0.714 bits per heavy atom. The van der Waals surface area contributed by atoms with Crippen LogP contribution in [0.5, 0.6) is 0 Å². The maximum atomic E-state index is 5.37. The van der Waals surface area contributed by atoms with Gasteiger partial charge >= 0.3 is 0 Å². The van der Waals surface area contributed by atoms with Gasteiger partial charge in [-0.1, -0.05) is 66.0 Å². The summed E-state index contributed by atoms with van der Waals surface area (Å²) in [5.41, 5.74) is 0.283. The molecular weight excluding hydrogens is 208 g/mol. The Morgan fingerprint density at radius 3 is 1.07 bits per heavy atom. The van der Waals surface area contributed by atoms with E-state index in [9.17, 15) is 0 Å². The lowest BCUT2D eigenvalue weighted by Gasteiger charge is -2.23. The van der Waals surface area contributed by atoms with Crippen molar-refractivity contribution >= 4 is 34.2 Å². The molecule has 0 aliphatic carbocycles. The molecule has 0 aromatic heterocycles. The van der Waals surface area contributed by atoms with Gasteiger partial charge in [-0.25, -0.2) is 0 Å². The molecule has 0 radical (unpaired) electrons. The molecule has 0 unspecified atom stereocenters. The summed E-state index contributed by atoms with van der Waals surface area (Å²) in [7, 11) is 0. The van der Waals surface area contributed by atoms with Gasteiger partial charge in [0.15, 0.2) is 0 Å². The van der Waals surface area contributed by atoms with E-state index in [1.54, 1.807) is 0 Å². The van der Waals surface area contributed by atoms with Crippen molar-refractivity contribution in [3.8, 4) is 0 Å². The second kappa shape index (κ2) is 4.80. The third-order valence-corrected chi connectivity index (χ3v) is 3.89. The highest BCUT2D eigenvalue weighted by molar-refractivity contribution is 7.81. The molecule has 14 heavy (non-hydrogen) atoms. The van der Waals surface area contributed by atoms with Gasteiger partial charge in [-0.3, -0.25) is 0 Å². The molecule has 0 atom stereocenters. The van der Waals surface area contributed by atoms with Crippen LogP contribution < -0.4 is 0 Å². The van der Waals surface area contributed by atoms with Gasteiger partial charge in [0.2, 0.25) is 0 Å². The zero-order chi connectivity index (χ0) is 11.6. The molecule has 0 aliphatic heterocycles. The van der Waals surface area contributed by atoms with Gasteiger partial charge in [-0.2, -0.15) is 0 Å². The van der Waals surface area contributed by atoms with E-state index >= 15 is 0 Å². The fourth-order valence-electron chi connectivity index (χ4n) is 0.977. The summed E-state index contributed by atoms with van der Waals surface area (Å²) in [5, 5.41) is 0. The average molecular weight is 230 g/mol. The Bertz CT molecular complexity index is 200. The molecule has 0 N–H and O–H groups in total. The zero-order valence-electron chi connectivity index (χ0n) is 10.2. The molecule has 0 amide bonds. The van der Waals surface area contributed by atoms with Crippen molar-refractivity contribution in [2.24, 2.45) is 10.8 Å². The van der Waals surface area contributed by atoms with E-state index in [4.69, 9.17) is 24.4 Å². The van der Waals surface area contributed by atoms with Crippen molar-refractivity contribution in [2.75, 3.05) is 0 Å². The molecule has 0 saturated heterocycles. The van der Waals surface area contributed by atoms with Gasteiger partial charge < -0.3 is 0 Å². The van der Waals surface area contributed by atoms with Crippen LogP contribution >= 0.6 is 24.4 Å². The van der Waals surface area contributed by atoms with Crippen LogP contribution in [-0.4, -0.2) is 9.73 Å². The number of thiocarbonyl (C=S) groups is 2. The molecule has 82 valence electrons. The monoisotopic (exact) mass is 230 g/mol. The smallest absolute Gasteiger partial charge is 0.00145 e. The van der Waals surface area contributed by atoms with Crippen LogP contribution in [0.25, 0.3) is 0 Å². The standard InChI is InChI=1S/C12H22S2/c1-11(2,3)9(13)7-8-10(14)12(4,5)6/h7-8H2,1-6H3. The Kier molecular flexibility index (Phi) is 4.86. The van der Waals surface area contributed by atoms with E-state index in [1.807, 2.05) is 0 Å². The van der Waals surface area contributed by atoms with Gasteiger partial charge in [-0.05, 0) is 33.4 Å². The van der Waals surface area contributed by atoms with Crippen molar-refractivity contribution in [1.82, 2.24) is 0 Å². The largest absolute Gasteiger partial charge is 0.0891 e. The van der Waals surface area contributed by atoms with E-state index in [0.717, 1.165) is 22.6 Å². The normalized spacial score (nSPS) is 12.7. The van der Waals surface area contributed by atoms with Gasteiger partial charge in [0, 0.05) is 0 Å². The molecule has 0 fully saturated rings. The predicted octanol–water partition coefficient (Wildman–Crippen LogP) is 4.60. The zero-order valence-corrected chi connectivity index (χ0v) is 11.9. The van der Waals surface area contributed by atoms with Gasteiger partial charge in [0.1, 0.15) is 0 Å². The summed E-state index contributed by atoms with van der Waals surface area (Å²) in [4.78, 5) is 2.26. The van der Waals surface area contributed by atoms with E-state index in [0.29, 0.717) is 0 Å². The molecule has 0 heterocycles. The highest BCUT2D eigenvalue weighted by Crippen LogP contribution is 2.24. The molecule has 0 aliphatic rings. The van der Waals surface area contributed by atoms with E-state index in [1.165, 1.54) is 0 Å². The first kappa shape index (κ1) is 14.2. The minimum atomic E-state index is 0.142. The summed E-state index contributed by atoms with van der Waals surface area (Å²) in [5.74, 6) is 0. The second-order valence-electron chi connectivity index (χ2n) is 5.85. The third kappa shape index (κ3) is 5.16. The summed E-state index contributed by atoms with van der Waals surface area (Å²) in [6, 6.07) is 0. The van der Waals surface area contributed by atoms with Crippen LogP contribution in [0.15, 0.2) is 0 Å². The lowest BCUT2D eigenvalue weighted by molar-refractivity contribution is 0.575. The molecule has 0 aromatic carbocycles. The molecule has 0 bridgehead atoms. The van der Waals surface area contributed by atoms with E-state index in [2.05, 4.69) is 41.5 Å². The topological polar surface area (TPSA) is 0 Å². The fourth-order valence-corrected chi connectivity index (χ4v) is 1.18. The van der Waals surface area contributed by atoms with Crippen LogP contribution in [-0.2, 0) is 0 Å². The molecule has 0 aromatic rings. The maximum absolute atomic E-state index is 5.37. The quantitative estimate of drug-likeness (QED) is 0.650. The van der Waals surface area contributed by atoms with Crippen molar-refractivity contribution in [3.05, 3.63) is 0 Å². The van der Waals surface area contributed by atoms with Crippen LogP contribution in [0, 0.1) is 10.8 Å². The third-order valence-electron chi connectivity index (χ3n) is 2.25. The molecule has 0 rings (SSSR count). The first-order chi connectivity index (χ1) is 6.05. The number of hydrogen-bond acceptors (Lipinski definition) is 2. The predicted molar refractivity (Wildman–Crippen MR) is 73.3 cm³/mol. The lowest BCUT2D eigenvalue weighted by atomic mass is 9.85. The van der Waals surface area contributed by atoms with Gasteiger partial charge in [0.05, 0.1) is 0 Å². The van der Waals surface area contributed by atoms with E-state index in [-0.39, 0.29) is 10.8 Å². The molecule has 0 saturated carbocycles. The van der Waals surface area contributed by atoms with Crippen LogP contribution in [0.2, 0.25) is 0 Å². The van der Waals surface area contributed by atoms with Crippen molar-refractivity contribution in [1.29, 1.82) is 0 Å². The molecule has 0 nitrogen and oxygen atoms in total. The van der Waals surface area contributed by atoms with Crippen molar-refractivity contribution in [3.63, 3.8) is 0 Å². The molecule has 2 heteroatoms. The Labute approximate surface area is 99.5 Å². The summed E-state index contributed by atoms with van der Waals surface area (Å²) < 4.78 is 0. The van der Waals surface area contributed by atoms with Gasteiger partial charge in [-0.15, -0.1) is 0 Å². The highest BCUT2D eigenvalue weighted by Gasteiger charge is 2.20. The SMILES string of the molecule is CC(C)(C)C(=S)CCC(=S)C(C)(C)C. The molecule has 0 spiro atoms. The minimum Gasteiger partial charge on any atom is -0.0891 e. The maximum Gasteiger partial charge on any atom is -0.00145 e. The molecular formula is C12H22S2. The average Bonchev–Trinajstić information content (AvgIpc) is 1.95. The fraction of sp³-hybridized carbons (Fsp3) is 0.833. The van der Waals surface area contributed by atoms with E-state index < -0.39 is 0 Å². The van der Waals surface area contributed by atoms with Crippen molar-refractivity contribution in [2.45, 2.75) is 54.4 Å². The number of hydrogen-bond donors (Lipinski definition) is 0. The Balaban J connectivity index is 4.10. The Morgan fingerprint density at radius 2 is 0.929 bits per heavy atom. The van der Waals surface area contributed by atoms with Crippen LogP contribution in [0.1, 0.15) is 54.4 Å². The van der Waals surface area contributed by atoms with Crippen LogP contribution in [0.3, 0.4) is 0 Å². The van der Waals surface area contributed by atoms with Crippen molar-refractivity contribution < 1.29 is 0 Å². The summed E-state index contributed by atoms with van der Waals surface area (Å²) in [6.07, 6.45) is 1.91. The first-order valence-electron chi connectivity index (χ1n) is 5.12. The second-order valence-corrected chi connectivity index (χ2v) is 6.83. The number of rotatable bonds is 3. The summed E-state index contributed by atoms with van der Waals surface area (Å²) in [6.45, 7) is 13.0.